The minimum absolute atomic E-state index is 0.0824. The van der Waals surface area contributed by atoms with Crippen LogP contribution in [0.4, 0.5) is 0 Å². The van der Waals surface area contributed by atoms with Crippen molar-refractivity contribution in [1.82, 2.24) is 81.8 Å². The van der Waals surface area contributed by atoms with E-state index in [1.54, 1.807) is 14.7 Å². The summed E-state index contributed by atoms with van der Waals surface area (Å²) in [5.41, 5.74) is 0.182. The number of benzene rings is 1. The predicted octanol–water partition coefficient (Wildman–Crippen LogP) is 13.0. The highest BCUT2D eigenvalue weighted by molar-refractivity contribution is 6.39. The fourth-order valence-electron chi connectivity index (χ4n) is 20.5. The number of carbonyl (C=O) groups excluding carboxylic acids is 18. The van der Waals surface area contributed by atoms with Crippen molar-refractivity contribution in [3.8, 4) is 0 Å². The van der Waals surface area contributed by atoms with Crippen LogP contribution in [-0.4, -0.2) is 223 Å². The third kappa shape index (κ3) is 32.5. The van der Waals surface area contributed by atoms with Gasteiger partial charge in [-0.05, 0) is 159 Å². The second kappa shape index (κ2) is 55.0. The summed E-state index contributed by atoms with van der Waals surface area (Å²) in [7, 11) is 0. The molecule has 1 aromatic carbocycles. The lowest BCUT2D eigenvalue weighted by atomic mass is 9.81. The summed E-state index contributed by atoms with van der Waals surface area (Å²) in [6, 6.07) is -0.275. The number of likely N-dealkylation sites (tertiary alicyclic amines) is 2. The third-order valence-electron chi connectivity index (χ3n) is 30.9. The molecule has 6 heterocycles. The van der Waals surface area contributed by atoms with Crippen LogP contribution in [0.15, 0.2) is 80.0 Å². The lowest BCUT2D eigenvalue weighted by Gasteiger charge is -2.41. The molecule has 7 N–H and O–H groups in total. The normalized spacial score (nSPS) is 20.8. The lowest BCUT2D eigenvalue weighted by Crippen LogP contribution is -2.60. The second-order valence-corrected chi connectivity index (χ2v) is 45.4. The number of Topliss-reactive ketones (excluding diaryl/α,β-unsaturated/α-hetero) is 8. The van der Waals surface area contributed by atoms with E-state index >= 15 is 0 Å². The van der Waals surface area contributed by atoms with Gasteiger partial charge >= 0.3 is 0 Å². The van der Waals surface area contributed by atoms with Crippen molar-refractivity contribution in [2.45, 2.75) is 380 Å². The summed E-state index contributed by atoms with van der Waals surface area (Å²) in [5.74, 6) is -11.1. The fraction of sp³-hybridized carbons (Fsp3) is 0.679. The number of hydrogen-bond acceptors (Lipinski definition) is 24. The summed E-state index contributed by atoms with van der Waals surface area (Å²) >= 11 is 0. The standard InChI is InChI=1S/C39H52N4O6.C37H58N6O6.C36H56N6O6/c1-7-11-27(35(47)34(46)18-25-14-15-25)20-33(45)31-19-26-12-9-10-13-28(26)23-43(31)38(49)36(39(4,5)6)42-37(48)29(24(3)8-2)21-32(44)30-22-40-16-17-41-30;1-10-13-27(31(45)35(48)40-23(6)21(3)4)41-34(47)30-25-15-12-14-24(25)20-43(30)36(49)32(37(7,8)9)42-33(46)26(22(5)11-2)18-29(44)28-19-38-16-17-39-28;1-9-13-26(30(44)34(47)39-22(5)11-3)40-33(46)29-24-15-12-14-23(24)20-42(29)35(48)31(36(6,7)8)41-32(45)25(21(4)10-2)18-28(43)27-19-37-16-17-38-27/h9-10,12-13,16-17,22,24-25,27,29,31,36H,7-8,11,14-15,18-21,23H2,1-6H3,(H,42,48);16-17,19,21-27,30,32H,10-15,18,20H2,1-9H3,(H,40,48)(H,41,47)(H,42,46);16-17,19,21-26,29,31H,9-15,18,20H2,1-8H3,(H,39,47)(H,40,46)(H,41,45)/t24-,27+,29-,31-,36+;22-,23-,24-,25-,26-,27-,30-,32+;21-,22-,23-,24-,25-,26-,29-,31+/m000/s1. The Labute approximate surface area is 863 Å². The summed E-state index contributed by atoms with van der Waals surface area (Å²) < 4.78 is 0. The maximum Gasteiger partial charge on any atom is 0.289 e. The van der Waals surface area contributed by atoms with E-state index in [1.165, 1.54) is 55.8 Å². The van der Waals surface area contributed by atoms with Crippen LogP contribution >= 0.6 is 0 Å². The van der Waals surface area contributed by atoms with Gasteiger partial charge in [-0.1, -0.05) is 221 Å². The van der Waals surface area contributed by atoms with E-state index in [1.807, 2.05) is 184 Å². The first-order valence-corrected chi connectivity index (χ1v) is 53.6. The molecule has 3 aliphatic carbocycles. The molecule has 0 spiro atoms. The Hall–Kier alpha value is -11.5. The van der Waals surface area contributed by atoms with Crippen LogP contribution in [0.3, 0.4) is 0 Å². The number of aromatic nitrogens is 6. The maximum atomic E-state index is 14.6. The Kier molecular flexibility index (Phi) is 45.1. The lowest BCUT2D eigenvalue weighted by molar-refractivity contribution is -0.148. The number of fused-ring (bicyclic) bond motifs is 3. The van der Waals surface area contributed by atoms with Crippen LogP contribution in [0.5, 0.6) is 0 Å². The van der Waals surface area contributed by atoms with Crippen LogP contribution in [0.1, 0.15) is 350 Å². The molecule has 3 saturated carbocycles. The Morgan fingerprint density at radius 1 is 0.404 bits per heavy atom. The quantitative estimate of drug-likeness (QED) is 0.0159. The van der Waals surface area contributed by atoms with E-state index in [2.05, 4.69) is 67.1 Å². The third-order valence-corrected chi connectivity index (χ3v) is 30.9. The number of rotatable bonds is 49. The minimum Gasteiger partial charge on any atom is -0.347 e. The second-order valence-electron chi connectivity index (χ2n) is 45.4. The summed E-state index contributed by atoms with van der Waals surface area (Å²) in [4.78, 5) is 274. The van der Waals surface area contributed by atoms with Gasteiger partial charge in [0.1, 0.15) is 47.3 Å². The van der Waals surface area contributed by atoms with Gasteiger partial charge in [0.15, 0.2) is 28.9 Å². The summed E-state index contributed by atoms with van der Waals surface area (Å²) in [6.07, 6.45) is 25.4. The van der Waals surface area contributed by atoms with Crippen LogP contribution in [0.2, 0.25) is 0 Å². The van der Waals surface area contributed by atoms with E-state index in [4.69, 9.17) is 0 Å². The highest BCUT2D eigenvalue weighted by Gasteiger charge is 2.56. The SMILES string of the molecule is CCC[C@H](CC(=O)[C@@H]1Cc2ccccc2CN1C(=O)[C@@H](NC(=O)[C@@H](CC(=O)c1cnccn1)[C@@H](C)CC)C(C)(C)C)C(=O)C(=O)CC1CC1.CCC[C@H](NC(=O)[C@@H]1[C@H]2CCC[C@H]2CN1C(=O)[C@@H](NC(=O)[C@@H](CC(=O)c1cnccn1)[C@@H](C)CC)C(C)(C)C)C(=O)C(=O)N[C@@H](C)C(C)C.CCC[C@H](NC(=O)[C@@H]1[C@H]2CCC[C@H]2CN1C(=O)[C@@H](NC(=O)[C@@H](CC(=O)c1cnccn1)[C@@H](C)CC)C(C)(C)C)C(=O)C(=O)N[C@@H](C)CC. The Balaban J connectivity index is 0.000000267. The van der Waals surface area contributed by atoms with Crippen molar-refractivity contribution in [2.24, 2.45) is 93.2 Å². The molecular weight excluding hydrogens is 1860 g/mol. The molecule has 0 unspecified atom stereocenters. The zero-order valence-corrected chi connectivity index (χ0v) is 90.7. The molecule has 4 aromatic rings. The van der Waals surface area contributed by atoms with Gasteiger partial charge in [0, 0.05) is 131 Å². The number of carbonyl (C=O) groups is 18. The van der Waals surface area contributed by atoms with Crippen molar-refractivity contribution in [3.63, 3.8) is 0 Å². The van der Waals surface area contributed by atoms with Crippen molar-refractivity contribution >= 4 is 105 Å². The number of ketones is 8. The molecule has 2 saturated heterocycles. The molecule has 5 fully saturated rings. The zero-order valence-electron chi connectivity index (χ0n) is 90.7. The maximum absolute atomic E-state index is 14.6. The molecule has 6 aliphatic rings. The molecule has 0 bridgehead atoms. The molecule has 10 amide bonds. The van der Waals surface area contributed by atoms with Crippen LogP contribution < -0.4 is 37.2 Å². The Morgan fingerprint density at radius 3 is 1.11 bits per heavy atom. The van der Waals surface area contributed by atoms with Crippen molar-refractivity contribution in [3.05, 3.63) is 108 Å². The van der Waals surface area contributed by atoms with Gasteiger partial charge in [0.2, 0.25) is 64.6 Å². The smallest absolute Gasteiger partial charge is 0.289 e. The van der Waals surface area contributed by atoms with Gasteiger partial charge in [0.25, 0.3) is 11.8 Å². The van der Waals surface area contributed by atoms with Gasteiger partial charge in [-0.25, -0.2) is 15.0 Å². The van der Waals surface area contributed by atoms with Crippen molar-refractivity contribution < 1.29 is 86.3 Å². The van der Waals surface area contributed by atoms with E-state index in [0.29, 0.717) is 64.5 Å². The van der Waals surface area contributed by atoms with Gasteiger partial charge in [-0.2, -0.15) is 0 Å². The van der Waals surface area contributed by atoms with Gasteiger partial charge in [-0.15, -0.1) is 0 Å². The molecular formula is C112H166N16O18. The first-order chi connectivity index (χ1) is 68.9. The number of nitrogens with zero attached hydrogens (tertiary/aromatic N) is 9. The molecule has 0 radical (unpaired) electrons. The number of hydrogen-bond donors (Lipinski definition) is 7. The van der Waals surface area contributed by atoms with Gasteiger partial charge in [0.05, 0.1) is 36.7 Å². The monoisotopic (exact) mass is 2020 g/mol. The first-order valence-electron chi connectivity index (χ1n) is 53.6. The average molecular weight is 2020 g/mol. The molecule has 3 aliphatic heterocycles. The van der Waals surface area contributed by atoms with E-state index in [0.717, 1.165) is 62.5 Å². The highest BCUT2D eigenvalue weighted by Crippen LogP contribution is 2.46. The molecule has 802 valence electrons. The fourth-order valence-corrected chi connectivity index (χ4v) is 20.5. The Bertz CT molecular complexity index is 5190. The topological polar surface area (TPSA) is 479 Å². The van der Waals surface area contributed by atoms with Gasteiger partial charge in [-0.3, -0.25) is 101 Å². The molecule has 3 aromatic heterocycles. The van der Waals surface area contributed by atoms with E-state index < -0.39 is 159 Å². The van der Waals surface area contributed by atoms with Crippen molar-refractivity contribution in [1.29, 1.82) is 0 Å². The van der Waals surface area contributed by atoms with E-state index in [-0.39, 0.29) is 175 Å². The van der Waals surface area contributed by atoms with Crippen molar-refractivity contribution in [2.75, 3.05) is 13.1 Å². The Morgan fingerprint density at radius 2 is 0.774 bits per heavy atom. The predicted molar refractivity (Wildman–Crippen MR) is 552 cm³/mol. The summed E-state index contributed by atoms with van der Waals surface area (Å²) in [6.45, 7) is 44.3. The molecule has 10 rings (SSSR count). The molecule has 21 atom stereocenters. The van der Waals surface area contributed by atoms with Crippen LogP contribution in [0, 0.1) is 93.2 Å². The minimum atomic E-state index is -1.02. The van der Waals surface area contributed by atoms with Crippen LogP contribution in [-0.2, 0) is 84.9 Å². The van der Waals surface area contributed by atoms with Gasteiger partial charge < -0.3 is 51.9 Å². The largest absolute Gasteiger partial charge is 0.347 e. The molecule has 34 nitrogen and oxygen atoms in total. The number of nitrogens with one attached hydrogen (secondary N) is 7. The molecule has 34 heteroatoms. The summed E-state index contributed by atoms with van der Waals surface area (Å²) in [5, 5.41) is 20.1. The van der Waals surface area contributed by atoms with Crippen LogP contribution in [0.25, 0.3) is 0 Å². The molecule has 146 heavy (non-hydrogen) atoms. The highest BCUT2D eigenvalue weighted by atomic mass is 16.2. The first kappa shape index (κ1) is 120. The average Bonchev–Trinajstić information content (AvgIpc) is 1.68. The number of amides is 10. The zero-order chi connectivity index (χ0) is 108. The van der Waals surface area contributed by atoms with E-state index in [9.17, 15) is 86.3 Å².